The number of halogens is 1. The van der Waals surface area contributed by atoms with Crippen LogP contribution in [0, 0.1) is 0 Å². The summed E-state index contributed by atoms with van der Waals surface area (Å²) in [6.07, 6.45) is 3.43. The zero-order valence-corrected chi connectivity index (χ0v) is 13.5. The van der Waals surface area contributed by atoms with Crippen molar-refractivity contribution in [3.63, 3.8) is 0 Å². The molecule has 0 unspecified atom stereocenters. The van der Waals surface area contributed by atoms with E-state index in [0.717, 1.165) is 0 Å². The molecule has 0 aliphatic heterocycles. The quantitative estimate of drug-likeness (QED) is 0.470. The van der Waals surface area contributed by atoms with Crippen molar-refractivity contribution in [3.8, 4) is 0 Å². The van der Waals surface area contributed by atoms with E-state index < -0.39 is 10.0 Å². The molecule has 0 fully saturated rings. The number of nitrogens with two attached hydrogens (primary N) is 1. The van der Waals surface area contributed by atoms with Crippen molar-refractivity contribution in [1.29, 1.82) is 0 Å². The molecule has 0 aromatic carbocycles. The first kappa shape index (κ1) is 15.8. The Labute approximate surface area is 130 Å². The highest BCUT2D eigenvalue weighted by molar-refractivity contribution is 9.10. The second-order valence-corrected chi connectivity index (χ2v) is 6.80. The molecule has 0 spiro atoms. The van der Waals surface area contributed by atoms with Gasteiger partial charge in [0, 0.05) is 30.7 Å². The van der Waals surface area contributed by atoms with Gasteiger partial charge in [-0.3, -0.25) is 0 Å². The van der Waals surface area contributed by atoms with Gasteiger partial charge < -0.3 is 9.99 Å². The summed E-state index contributed by atoms with van der Waals surface area (Å²) in [6.45, 7) is 0.186. The predicted octanol–water partition coefficient (Wildman–Crippen LogP) is -0.221. The van der Waals surface area contributed by atoms with Crippen molar-refractivity contribution in [2.24, 2.45) is 12.9 Å². The maximum Gasteiger partial charge on any atom is 0.244 e. The lowest BCUT2D eigenvalue weighted by molar-refractivity contribution is 0.580. The van der Waals surface area contributed by atoms with Crippen LogP contribution < -0.4 is 16.0 Å². The summed E-state index contributed by atoms with van der Waals surface area (Å²) < 4.78 is 29.3. The molecule has 2 heterocycles. The summed E-state index contributed by atoms with van der Waals surface area (Å²) in [4.78, 5) is 3.88. The Morgan fingerprint density at radius 1 is 1.48 bits per heavy atom. The molecule has 11 heteroatoms. The number of rotatable bonds is 6. The van der Waals surface area contributed by atoms with E-state index in [1.807, 2.05) is 0 Å². The van der Waals surface area contributed by atoms with Gasteiger partial charge >= 0.3 is 0 Å². The van der Waals surface area contributed by atoms with Gasteiger partial charge in [0.2, 0.25) is 10.0 Å². The number of hydrogen-bond acceptors (Lipinski definition) is 7. The summed E-state index contributed by atoms with van der Waals surface area (Å²) >= 11 is 3.18. The van der Waals surface area contributed by atoms with E-state index in [1.54, 1.807) is 17.9 Å². The van der Waals surface area contributed by atoms with E-state index in [9.17, 15) is 8.42 Å². The number of hydrogen-bond donors (Lipinski definition) is 3. The van der Waals surface area contributed by atoms with Gasteiger partial charge in [0.15, 0.2) is 5.82 Å². The zero-order chi connectivity index (χ0) is 15.5. The molecule has 114 valence electrons. The van der Waals surface area contributed by atoms with Crippen LogP contribution in [0.2, 0.25) is 0 Å². The highest BCUT2D eigenvalue weighted by Gasteiger charge is 2.19. The Hall–Kier alpha value is -1.56. The topological polar surface area (TPSA) is 128 Å². The third-order valence-corrected chi connectivity index (χ3v) is 4.60. The summed E-state index contributed by atoms with van der Waals surface area (Å²) in [5, 5.41) is 7.61. The molecular formula is C10H14BrN7O2S. The van der Waals surface area contributed by atoms with Crippen molar-refractivity contribution in [3.05, 3.63) is 28.9 Å². The van der Waals surface area contributed by atoms with E-state index >= 15 is 0 Å². The SMILES string of the molecule is Cn1cnnc1CCNS(=O)(=O)c1cc(Br)cnc1NN. The first-order chi connectivity index (χ1) is 9.94. The van der Waals surface area contributed by atoms with Crippen molar-refractivity contribution >= 4 is 31.8 Å². The van der Waals surface area contributed by atoms with Crippen LogP contribution in [0.3, 0.4) is 0 Å². The normalized spacial score (nSPS) is 11.6. The second-order valence-electron chi connectivity index (χ2n) is 4.15. The molecule has 0 radical (unpaired) electrons. The lowest BCUT2D eigenvalue weighted by Gasteiger charge is -2.10. The summed E-state index contributed by atoms with van der Waals surface area (Å²) in [5.74, 6) is 6.04. The van der Waals surface area contributed by atoms with Gasteiger partial charge in [0.25, 0.3) is 0 Å². The minimum absolute atomic E-state index is 0.0302. The summed E-state index contributed by atoms with van der Waals surface area (Å²) in [7, 11) is -1.94. The van der Waals surface area contributed by atoms with Gasteiger partial charge in [-0.25, -0.2) is 24.0 Å². The molecular weight excluding hydrogens is 362 g/mol. The van der Waals surface area contributed by atoms with E-state index in [0.29, 0.717) is 16.7 Å². The molecule has 0 amide bonds. The van der Waals surface area contributed by atoms with Crippen LogP contribution >= 0.6 is 15.9 Å². The molecule has 2 aromatic heterocycles. The fourth-order valence-corrected chi connectivity index (χ4v) is 3.30. The Bertz CT molecular complexity index is 731. The summed E-state index contributed by atoms with van der Waals surface area (Å²) in [6, 6.07) is 1.42. The number of nitrogens with zero attached hydrogens (tertiary/aromatic N) is 4. The molecule has 4 N–H and O–H groups in total. The average Bonchev–Trinajstić information content (AvgIpc) is 2.84. The molecule has 2 rings (SSSR count). The molecule has 0 aliphatic carbocycles. The number of aryl methyl sites for hydroxylation is 1. The van der Waals surface area contributed by atoms with Crippen LogP contribution in [-0.4, -0.2) is 34.7 Å². The second kappa shape index (κ2) is 6.47. The Kier molecular flexibility index (Phi) is 4.88. The monoisotopic (exact) mass is 375 g/mol. The lowest BCUT2D eigenvalue weighted by Crippen LogP contribution is -2.28. The maximum atomic E-state index is 12.3. The Morgan fingerprint density at radius 3 is 2.86 bits per heavy atom. The minimum Gasteiger partial charge on any atom is -0.321 e. The number of anilines is 1. The zero-order valence-electron chi connectivity index (χ0n) is 11.1. The van der Waals surface area contributed by atoms with Crippen LogP contribution in [0.15, 0.2) is 28.0 Å². The van der Waals surface area contributed by atoms with Crippen LogP contribution in [0.5, 0.6) is 0 Å². The highest BCUT2D eigenvalue weighted by Crippen LogP contribution is 2.21. The van der Waals surface area contributed by atoms with Crippen molar-refractivity contribution < 1.29 is 8.42 Å². The van der Waals surface area contributed by atoms with E-state index in [4.69, 9.17) is 5.84 Å². The standard InChI is InChI=1S/C10H14BrN7O2S/c1-18-6-14-17-9(18)2-3-15-21(19,20)8-4-7(11)5-13-10(8)16-12/h4-6,15H,2-3,12H2,1H3,(H,13,16). The van der Waals surface area contributed by atoms with Crippen LogP contribution in [0.4, 0.5) is 5.82 Å². The van der Waals surface area contributed by atoms with Crippen molar-refractivity contribution in [1.82, 2.24) is 24.5 Å². The van der Waals surface area contributed by atoms with Crippen LogP contribution in [0.1, 0.15) is 5.82 Å². The number of aromatic nitrogens is 4. The third-order valence-electron chi connectivity index (χ3n) is 2.69. The Morgan fingerprint density at radius 2 is 2.24 bits per heavy atom. The van der Waals surface area contributed by atoms with Crippen LogP contribution in [0.25, 0.3) is 0 Å². The average molecular weight is 376 g/mol. The number of hydrazine groups is 1. The number of nitrogen functional groups attached to an aromatic ring is 1. The van der Waals surface area contributed by atoms with Crippen LogP contribution in [-0.2, 0) is 23.5 Å². The first-order valence-corrected chi connectivity index (χ1v) is 8.16. The third kappa shape index (κ3) is 3.75. The largest absolute Gasteiger partial charge is 0.321 e. The highest BCUT2D eigenvalue weighted by atomic mass is 79.9. The number of pyridine rings is 1. The molecule has 21 heavy (non-hydrogen) atoms. The molecule has 0 bridgehead atoms. The van der Waals surface area contributed by atoms with Gasteiger partial charge in [-0.05, 0) is 22.0 Å². The number of nitrogens with one attached hydrogen (secondary N) is 2. The predicted molar refractivity (Wildman–Crippen MR) is 79.6 cm³/mol. The van der Waals surface area contributed by atoms with Gasteiger partial charge in [0.1, 0.15) is 17.0 Å². The molecule has 9 nitrogen and oxygen atoms in total. The fourth-order valence-electron chi connectivity index (χ4n) is 1.64. The van der Waals surface area contributed by atoms with Gasteiger partial charge in [-0.15, -0.1) is 10.2 Å². The number of sulfonamides is 1. The smallest absolute Gasteiger partial charge is 0.244 e. The Balaban J connectivity index is 2.12. The van der Waals surface area contributed by atoms with E-state index in [-0.39, 0.29) is 17.3 Å². The maximum absolute atomic E-state index is 12.3. The van der Waals surface area contributed by atoms with Gasteiger partial charge in [-0.2, -0.15) is 0 Å². The summed E-state index contributed by atoms with van der Waals surface area (Å²) in [5.41, 5.74) is 2.26. The lowest BCUT2D eigenvalue weighted by atomic mass is 10.4. The first-order valence-electron chi connectivity index (χ1n) is 5.89. The molecule has 0 aliphatic rings. The van der Waals surface area contributed by atoms with Crippen molar-refractivity contribution in [2.75, 3.05) is 12.0 Å². The molecule has 0 saturated carbocycles. The minimum atomic E-state index is -3.73. The van der Waals surface area contributed by atoms with E-state index in [1.165, 1.54) is 12.3 Å². The molecule has 0 saturated heterocycles. The fraction of sp³-hybridized carbons (Fsp3) is 0.300. The molecule has 0 atom stereocenters. The van der Waals surface area contributed by atoms with Crippen molar-refractivity contribution in [2.45, 2.75) is 11.3 Å². The van der Waals surface area contributed by atoms with Gasteiger partial charge in [-0.1, -0.05) is 0 Å². The van der Waals surface area contributed by atoms with Gasteiger partial charge in [0.05, 0.1) is 0 Å². The van der Waals surface area contributed by atoms with E-state index in [2.05, 4.69) is 41.3 Å². The molecule has 2 aromatic rings.